The van der Waals surface area contributed by atoms with Crippen molar-refractivity contribution >= 4 is 22.7 Å². The van der Waals surface area contributed by atoms with Crippen LogP contribution >= 0.6 is 22.7 Å². The molecule has 102 valence electrons. The summed E-state index contributed by atoms with van der Waals surface area (Å²) in [5, 5.41) is 5.21. The largest absolute Gasteiger partial charge is 0.319 e. The van der Waals surface area contributed by atoms with Gasteiger partial charge in [0.2, 0.25) is 0 Å². The summed E-state index contributed by atoms with van der Waals surface area (Å²) < 4.78 is 0. The number of hydrogen-bond acceptors (Lipinski definition) is 5. The number of thiazole rings is 2. The van der Waals surface area contributed by atoms with E-state index in [0.29, 0.717) is 0 Å². The van der Waals surface area contributed by atoms with E-state index >= 15 is 0 Å². The summed E-state index contributed by atoms with van der Waals surface area (Å²) in [5.74, 6) is 0.856. The minimum absolute atomic E-state index is 0.204. The van der Waals surface area contributed by atoms with E-state index in [2.05, 4.69) is 17.3 Å². The molecule has 0 radical (unpaired) electrons. The first kappa shape index (κ1) is 13.2. The number of nitrogens with two attached hydrogens (primary N) is 1. The second-order valence-corrected chi connectivity index (χ2v) is 7.00. The first-order valence-electron chi connectivity index (χ1n) is 6.85. The monoisotopic (exact) mass is 293 g/mol. The predicted molar refractivity (Wildman–Crippen MR) is 81.3 cm³/mol. The molecule has 2 N–H and O–H groups in total. The Morgan fingerprint density at radius 2 is 2.11 bits per heavy atom. The van der Waals surface area contributed by atoms with Gasteiger partial charge >= 0.3 is 0 Å². The number of rotatable bonds is 3. The van der Waals surface area contributed by atoms with Crippen molar-refractivity contribution in [1.82, 2.24) is 9.97 Å². The Labute approximate surface area is 121 Å². The summed E-state index contributed by atoms with van der Waals surface area (Å²) in [6.07, 6.45) is 5.88. The van der Waals surface area contributed by atoms with Crippen molar-refractivity contribution < 1.29 is 0 Å². The third kappa shape index (κ3) is 2.59. The van der Waals surface area contributed by atoms with Gasteiger partial charge in [0.05, 0.1) is 11.0 Å². The molecule has 0 unspecified atom stereocenters. The third-order valence-electron chi connectivity index (χ3n) is 4.20. The van der Waals surface area contributed by atoms with Crippen molar-refractivity contribution in [2.45, 2.75) is 44.6 Å². The van der Waals surface area contributed by atoms with E-state index in [1.54, 1.807) is 22.7 Å². The minimum Gasteiger partial charge on any atom is -0.319 e. The molecule has 2 aromatic heterocycles. The summed E-state index contributed by atoms with van der Waals surface area (Å²) in [6.45, 7) is 2.28. The second-order valence-electron chi connectivity index (χ2n) is 5.42. The highest BCUT2D eigenvalue weighted by molar-refractivity contribution is 7.10. The van der Waals surface area contributed by atoms with E-state index in [4.69, 9.17) is 10.7 Å². The van der Waals surface area contributed by atoms with Crippen molar-refractivity contribution in [1.29, 1.82) is 0 Å². The summed E-state index contributed by atoms with van der Waals surface area (Å²) in [5.41, 5.74) is 10.2. The van der Waals surface area contributed by atoms with Crippen LogP contribution in [0.15, 0.2) is 16.3 Å². The highest BCUT2D eigenvalue weighted by atomic mass is 32.1. The lowest BCUT2D eigenvalue weighted by Gasteiger charge is -2.35. The molecule has 1 aliphatic carbocycles. The summed E-state index contributed by atoms with van der Waals surface area (Å²) in [7, 11) is 0. The number of nitrogens with zero attached hydrogens (tertiary/aromatic N) is 2. The topological polar surface area (TPSA) is 51.8 Å². The molecule has 0 aliphatic heterocycles. The Hall–Kier alpha value is -0.780. The van der Waals surface area contributed by atoms with Gasteiger partial charge in [-0.15, -0.1) is 22.7 Å². The van der Waals surface area contributed by atoms with E-state index in [-0.39, 0.29) is 5.54 Å². The van der Waals surface area contributed by atoms with Crippen LogP contribution in [0.5, 0.6) is 0 Å². The molecule has 1 aliphatic rings. The molecule has 2 heterocycles. The van der Waals surface area contributed by atoms with Crippen molar-refractivity contribution in [3.8, 4) is 11.4 Å². The summed E-state index contributed by atoms with van der Waals surface area (Å²) in [6, 6.07) is 0. The third-order valence-corrected chi connectivity index (χ3v) is 5.85. The standard InChI is InChI=1S/C14H19N3S2/c1-2-10-3-5-14(15,6-4-10)13-17-12(8-19-13)11-7-18-9-16-11/h7-10H,2-6,15H2,1H3. The fourth-order valence-electron chi connectivity index (χ4n) is 2.77. The van der Waals surface area contributed by atoms with Gasteiger partial charge in [0.1, 0.15) is 16.4 Å². The summed E-state index contributed by atoms with van der Waals surface area (Å²) in [4.78, 5) is 9.05. The quantitative estimate of drug-likeness (QED) is 0.930. The molecule has 0 atom stereocenters. The zero-order valence-electron chi connectivity index (χ0n) is 11.1. The zero-order valence-corrected chi connectivity index (χ0v) is 12.8. The Bertz CT molecular complexity index is 525. The van der Waals surface area contributed by atoms with Gasteiger partial charge in [0.15, 0.2) is 0 Å². The van der Waals surface area contributed by atoms with Gasteiger partial charge in [-0.05, 0) is 31.6 Å². The van der Waals surface area contributed by atoms with Crippen LogP contribution in [0.2, 0.25) is 0 Å². The first-order chi connectivity index (χ1) is 9.21. The molecule has 1 fully saturated rings. The maximum Gasteiger partial charge on any atom is 0.113 e. The molecule has 0 amide bonds. The van der Waals surface area contributed by atoms with Crippen LogP contribution in [-0.2, 0) is 5.54 Å². The first-order valence-corrected chi connectivity index (χ1v) is 8.67. The molecular formula is C14H19N3S2. The van der Waals surface area contributed by atoms with Gasteiger partial charge in [0, 0.05) is 10.8 Å². The molecule has 0 bridgehead atoms. The highest BCUT2D eigenvalue weighted by Crippen LogP contribution is 2.40. The van der Waals surface area contributed by atoms with E-state index in [1.165, 1.54) is 19.3 Å². The average Bonchev–Trinajstić information content (AvgIpc) is 3.10. The van der Waals surface area contributed by atoms with Crippen molar-refractivity contribution in [3.63, 3.8) is 0 Å². The van der Waals surface area contributed by atoms with E-state index in [9.17, 15) is 0 Å². The van der Waals surface area contributed by atoms with E-state index in [1.807, 2.05) is 10.9 Å². The molecule has 3 rings (SSSR count). The second kappa shape index (κ2) is 5.31. The lowest BCUT2D eigenvalue weighted by atomic mass is 9.76. The van der Waals surface area contributed by atoms with Crippen molar-refractivity contribution in [3.05, 3.63) is 21.3 Å². The fourth-order valence-corrected chi connectivity index (χ4v) is 4.31. The normalized spacial score (nSPS) is 27.6. The van der Waals surface area contributed by atoms with Crippen molar-refractivity contribution in [2.24, 2.45) is 11.7 Å². The minimum atomic E-state index is -0.204. The van der Waals surface area contributed by atoms with Gasteiger partial charge < -0.3 is 5.73 Å². The molecule has 19 heavy (non-hydrogen) atoms. The van der Waals surface area contributed by atoms with Crippen LogP contribution in [0.1, 0.15) is 44.0 Å². The molecule has 0 saturated heterocycles. The van der Waals surface area contributed by atoms with Gasteiger partial charge in [-0.3, -0.25) is 0 Å². The molecule has 2 aromatic rings. The molecular weight excluding hydrogens is 274 g/mol. The number of aromatic nitrogens is 2. The zero-order chi connectivity index (χ0) is 13.3. The Kier molecular flexibility index (Phi) is 3.69. The smallest absolute Gasteiger partial charge is 0.113 e. The lowest BCUT2D eigenvalue weighted by Crippen LogP contribution is -2.40. The van der Waals surface area contributed by atoms with Gasteiger partial charge in [0.25, 0.3) is 0 Å². The highest BCUT2D eigenvalue weighted by Gasteiger charge is 2.35. The van der Waals surface area contributed by atoms with Crippen LogP contribution in [0.3, 0.4) is 0 Å². The maximum atomic E-state index is 6.59. The van der Waals surface area contributed by atoms with Gasteiger partial charge in [-0.1, -0.05) is 13.3 Å². The Morgan fingerprint density at radius 3 is 2.74 bits per heavy atom. The lowest BCUT2D eigenvalue weighted by molar-refractivity contribution is 0.231. The van der Waals surface area contributed by atoms with Crippen LogP contribution in [0.4, 0.5) is 0 Å². The average molecular weight is 293 g/mol. The molecule has 1 saturated carbocycles. The Balaban J connectivity index is 1.79. The van der Waals surface area contributed by atoms with Crippen LogP contribution in [0, 0.1) is 5.92 Å². The Morgan fingerprint density at radius 1 is 1.32 bits per heavy atom. The molecule has 0 spiro atoms. The van der Waals surface area contributed by atoms with Gasteiger partial charge in [-0.2, -0.15) is 0 Å². The van der Waals surface area contributed by atoms with Crippen molar-refractivity contribution in [2.75, 3.05) is 0 Å². The predicted octanol–water partition coefficient (Wildman–Crippen LogP) is 4.02. The van der Waals surface area contributed by atoms with E-state index in [0.717, 1.165) is 35.2 Å². The van der Waals surface area contributed by atoms with Crippen LogP contribution in [-0.4, -0.2) is 9.97 Å². The summed E-state index contributed by atoms with van der Waals surface area (Å²) >= 11 is 3.29. The van der Waals surface area contributed by atoms with Crippen LogP contribution < -0.4 is 5.73 Å². The molecule has 5 heteroatoms. The van der Waals surface area contributed by atoms with Gasteiger partial charge in [-0.25, -0.2) is 9.97 Å². The molecule has 3 nitrogen and oxygen atoms in total. The van der Waals surface area contributed by atoms with Crippen LogP contribution in [0.25, 0.3) is 11.4 Å². The molecule has 0 aromatic carbocycles. The van der Waals surface area contributed by atoms with E-state index < -0.39 is 0 Å². The number of hydrogen-bond donors (Lipinski definition) is 1. The SMILES string of the molecule is CCC1CCC(N)(c2nc(-c3cscn3)cs2)CC1. The maximum absolute atomic E-state index is 6.59. The fraction of sp³-hybridized carbons (Fsp3) is 0.571.